The lowest BCUT2D eigenvalue weighted by Gasteiger charge is -2.37. The highest BCUT2D eigenvalue weighted by Crippen LogP contribution is 2.48. The van der Waals surface area contributed by atoms with Gasteiger partial charge in [-0.25, -0.2) is 0 Å². The SMILES string of the molecule is CCOC(=O)C1c2c(ccc(O)c2CC(C)N)N(C2CCCCC2)C1C. The molecule has 1 aliphatic carbocycles. The quantitative estimate of drug-likeness (QED) is 0.787. The number of carbonyl (C=O) groups excluding carboxylic acids is 1. The van der Waals surface area contributed by atoms with Gasteiger partial charge in [0.2, 0.25) is 0 Å². The Balaban J connectivity index is 2.09. The van der Waals surface area contributed by atoms with Crippen molar-refractivity contribution in [2.75, 3.05) is 11.5 Å². The van der Waals surface area contributed by atoms with Crippen molar-refractivity contribution in [3.63, 3.8) is 0 Å². The fourth-order valence-electron chi connectivity index (χ4n) is 4.81. The molecule has 0 radical (unpaired) electrons. The second-order valence-corrected chi connectivity index (χ2v) is 7.85. The number of phenolic OH excluding ortho intramolecular Hbond substituents is 1. The lowest BCUT2D eigenvalue weighted by molar-refractivity contribution is -0.145. The molecular formula is C21H32N2O3. The minimum Gasteiger partial charge on any atom is -0.508 e. The summed E-state index contributed by atoms with van der Waals surface area (Å²) in [6.07, 6.45) is 6.62. The van der Waals surface area contributed by atoms with E-state index in [1.807, 2.05) is 19.9 Å². The van der Waals surface area contributed by atoms with E-state index in [1.165, 1.54) is 19.3 Å². The average molecular weight is 360 g/mol. The molecule has 0 aromatic heterocycles. The maximum atomic E-state index is 12.8. The summed E-state index contributed by atoms with van der Waals surface area (Å²) in [6.45, 7) is 6.24. The number of fused-ring (bicyclic) bond motifs is 1. The largest absolute Gasteiger partial charge is 0.508 e. The monoisotopic (exact) mass is 360 g/mol. The number of phenols is 1. The summed E-state index contributed by atoms with van der Waals surface area (Å²) in [5, 5.41) is 10.5. The van der Waals surface area contributed by atoms with Crippen LogP contribution in [0.25, 0.3) is 0 Å². The molecule has 0 saturated heterocycles. The first kappa shape index (κ1) is 19.0. The van der Waals surface area contributed by atoms with Crippen LogP contribution >= 0.6 is 0 Å². The smallest absolute Gasteiger partial charge is 0.315 e. The molecule has 1 heterocycles. The minimum atomic E-state index is -0.368. The van der Waals surface area contributed by atoms with Gasteiger partial charge in [-0.2, -0.15) is 0 Å². The first-order chi connectivity index (χ1) is 12.5. The zero-order chi connectivity index (χ0) is 18.8. The van der Waals surface area contributed by atoms with Crippen molar-refractivity contribution in [1.29, 1.82) is 0 Å². The molecule has 1 aromatic rings. The molecule has 1 aliphatic heterocycles. The van der Waals surface area contributed by atoms with Gasteiger partial charge in [0.05, 0.1) is 6.61 Å². The van der Waals surface area contributed by atoms with Gasteiger partial charge in [0.25, 0.3) is 0 Å². The summed E-state index contributed by atoms with van der Waals surface area (Å²) >= 11 is 0. The van der Waals surface area contributed by atoms with Gasteiger partial charge < -0.3 is 20.5 Å². The molecule has 144 valence electrons. The van der Waals surface area contributed by atoms with Gasteiger partial charge in [0.15, 0.2) is 0 Å². The van der Waals surface area contributed by atoms with E-state index in [9.17, 15) is 9.90 Å². The van der Waals surface area contributed by atoms with Crippen LogP contribution < -0.4 is 10.6 Å². The second kappa shape index (κ2) is 7.87. The Hall–Kier alpha value is -1.75. The highest BCUT2D eigenvalue weighted by molar-refractivity contribution is 5.87. The molecule has 3 N–H and O–H groups in total. The molecule has 3 unspecified atom stereocenters. The van der Waals surface area contributed by atoms with E-state index < -0.39 is 0 Å². The van der Waals surface area contributed by atoms with Crippen molar-refractivity contribution in [1.82, 2.24) is 0 Å². The fraction of sp³-hybridized carbons (Fsp3) is 0.667. The Morgan fingerprint density at radius 1 is 1.35 bits per heavy atom. The number of anilines is 1. The lowest BCUT2D eigenvalue weighted by atomic mass is 9.88. The summed E-state index contributed by atoms with van der Waals surface area (Å²) in [5.41, 5.74) is 8.85. The van der Waals surface area contributed by atoms with Gasteiger partial charge in [0, 0.05) is 29.4 Å². The van der Waals surface area contributed by atoms with Crippen LogP contribution in [0, 0.1) is 0 Å². The van der Waals surface area contributed by atoms with E-state index in [-0.39, 0.29) is 29.7 Å². The van der Waals surface area contributed by atoms with Crippen LogP contribution in [-0.2, 0) is 16.0 Å². The van der Waals surface area contributed by atoms with Crippen molar-refractivity contribution in [2.24, 2.45) is 5.73 Å². The third-order valence-electron chi connectivity index (χ3n) is 5.85. The molecule has 1 fully saturated rings. The van der Waals surface area contributed by atoms with Crippen LogP contribution in [0.3, 0.4) is 0 Å². The third-order valence-corrected chi connectivity index (χ3v) is 5.85. The zero-order valence-corrected chi connectivity index (χ0v) is 16.2. The molecule has 26 heavy (non-hydrogen) atoms. The van der Waals surface area contributed by atoms with Gasteiger partial charge in [0.1, 0.15) is 11.7 Å². The van der Waals surface area contributed by atoms with E-state index in [2.05, 4.69) is 11.8 Å². The molecule has 0 bridgehead atoms. The molecule has 5 nitrogen and oxygen atoms in total. The molecule has 0 amide bonds. The molecular weight excluding hydrogens is 328 g/mol. The van der Waals surface area contributed by atoms with Crippen LogP contribution in [-0.4, -0.2) is 35.8 Å². The maximum absolute atomic E-state index is 12.8. The molecule has 5 heteroatoms. The summed E-state index contributed by atoms with van der Waals surface area (Å²) in [5.74, 6) is -0.336. The molecule has 3 rings (SSSR count). The van der Waals surface area contributed by atoms with Crippen LogP contribution in [0.4, 0.5) is 5.69 Å². The number of aromatic hydroxyl groups is 1. The summed E-state index contributed by atoms with van der Waals surface area (Å²) in [7, 11) is 0. The second-order valence-electron chi connectivity index (χ2n) is 7.85. The van der Waals surface area contributed by atoms with Gasteiger partial charge in [-0.3, -0.25) is 4.79 Å². The summed E-state index contributed by atoms with van der Waals surface area (Å²) < 4.78 is 5.41. The Bertz CT molecular complexity index is 653. The number of nitrogens with two attached hydrogens (primary N) is 1. The highest BCUT2D eigenvalue weighted by atomic mass is 16.5. The number of nitrogens with zero attached hydrogens (tertiary/aromatic N) is 1. The van der Waals surface area contributed by atoms with Crippen LogP contribution in [0.2, 0.25) is 0 Å². The number of esters is 1. The first-order valence-electron chi connectivity index (χ1n) is 10.0. The topological polar surface area (TPSA) is 75.8 Å². The Morgan fingerprint density at radius 3 is 2.65 bits per heavy atom. The van der Waals surface area contributed by atoms with E-state index in [0.29, 0.717) is 19.1 Å². The van der Waals surface area contributed by atoms with Gasteiger partial charge in [-0.1, -0.05) is 19.3 Å². The molecule has 3 atom stereocenters. The number of benzene rings is 1. The van der Waals surface area contributed by atoms with Crippen molar-refractivity contribution in [2.45, 2.75) is 83.3 Å². The van der Waals surface area contributed by atoms with Crippen LogP contribution in [0.1, 0.15) is 69.9 Å². The highest BCUT2D eigenvalue weighted by Gasteiger charge is 2.45. The van der Waals surface area contributed by atoms with Crippen molar-refractivity contribution < 1.29 is 14.6 Å². The Labute approximate surface area is 156 Å². The molecule has 1 aromatic carbocycles. The number of ether oxygens (including phenoxy) is 1. The fourth-order valence-corrected chi connectivity index (χ4v) is 4.81. The van der Waals surface area contributed by atoms with Gasteiger partial charge >= 0.3 is 5.97 Å². The van der Waals surface area contributed by atoms with E-state index in [1.54, 1.807) is 6.07 Å². The van der Waals surface area contributed by atoms with Gasteiger partial charge in [-0.05, 0) is 57.7 Å². The van der Waals surface area contributed by atoms with E-state index in [0.717, 1.165) is 29.7 Å². The average Bonchev–Trinajstić information content (AvgIpc) is 2.90. The molecule has 2 aliphatic rings. The lowest BCUT2D eigenvalue weighted by Crippen LogP contribution is -2.43. The first-order valence-corrected chi connectivity index (χ1v) is 10.0. The predicted molar refractivity (Wildman–Crippen MR) is 104 cm³/mol. The van der Waals surface area contributed by atoms with Crippen LogP contribution in [0.15, 0.2) is 12.1 Å². The number of carbonyl (C=O) groups is 1. The Morgan fingerprint density at radius 2 is 2.04 bits per heavy atom. The number of hydrogen-bond acceptors (Lipinski definition) is 5. The van der Waals surface area contributed by atoms with Gasteiger partial charge in [-0.15, -0.1) is 0 Å². The summed E-state index contributed by atoms with van der Waals surface area (Å²) in [6, 6.07) is 4.12. The standard InChI is InChI=1S/C21H32N2O3/c1-4-26-21(25)19-14(3)23(15-8-6-5-7-9-15)17-10-11-18(24)16(20(17)19)12-13(2)22/h10-11,13-15,19,24H,4-9,12,22H2,1-3H3. The van der Waals surface area contributed by atoms with Crippen molar-refractivity contribution >= 4 is 11.7 Å². The van der Waals surface area contributed by atoms with E-state index in [4.69, 9.17) is 10.5 Å². The van der Waals surface area contributed by atoms with Crippen molar-refractivity contribution in [3.05, 3.63) is 23.3 Å². The van der Waals surface area contributed by atoms with E-state index >= 15 is 0 Å². The normalized spacial score (nSPS) is 24.4. The molecule has 0 spiro atoms. The Kier molecular flexibility index (Phi) is 5.76. The van der Waals surface area contributed by atoms with Crippen LogP contribution in [0.5, 0.6) is 5.75 Å². The third kappa shape index (κ3) is 3.41. The minimum absolute atomic E-state index is 0.0285. The summed E-state index contributed by atoms with van der Waals surface area (Å²) in [4.78, 5) is 15.3. The number of rotatable bonds is 5. The zero-order valence-electron chi connectivity index (χ0n) is 16.2. The maximum Gasteiger partial charge on any atom is 0.315 e. The van der Waals surface area contributed by atoms with Crippen molar-refractivity contribution in [3.8, 4) is 5.75 Å². The predicted octanol–water partition coefficient (Wildman–Crippen LogP) is 3.47. The molecule has 1 saturated carbocycles. The number of hydrogen-bond donors (Lipinski definition) is 2.